The van der Waals surface area contributed by atoms with Crippen LogP contribution >= 0.6 is 11.6 Å². The van der Waals surface area contributed by atoms with Crippen LogP contribution < -0.4 is 36.5 Å². The van der Waals surface area contributed by atoms with Gasteiger partial charge in [-0.05, 0) is 61.7 Å². The van der Waals surface area contributed by atoms with Gasteiger partial charge in [0, 0.05) is 68.7 Å². The molecular formula is C36H37ClN10O6. The number of carbonyl (C=O) groups is 4. The number of hydrogen-bond donors (Lipinski definition) is 4. The van der Waals surface area contributed by atoms with E-state index >= 15 is 0 Å². The number of benzene rings is 2. The molecule has 2 aliphatic rings. The van der Waals surface area contributed by atoms with Gasteiger partial charge in [0.05, 0.1) is 28.8 Å². The number of hydrogen-bond acceptors (Lipinski definition) is 11. The molecule has 0 aliphatic carbocycles. The maximum absolute atomic E-state index is 13.4. The molecule has 0 bridgehead atoms. The number of pyridine rings is 1. The molecule has 0 radical (unpaired) electrons. The topological polar surface area (TPSA) is 194 Å². The van der Waals surface area contributed by atoms with Crippen molar-refractivity contribution in [2.75, 3.05) is 42.3 Å². The van der Waals surface area contributed by atoms with Gasteiger partial charge in [-0.3, -0.25) is 34.0 Å². The Hall–Kier alpha value is -6.03. The molecule has 5 aromatic rings. The number of aryl methyl sites for hydroxylation is 2. The molecule has 3 aromatic heterocycles. The van der Waals surface area contributed by atoms with E-state index in [4.69, 9.17) is 21.3 Å². The molecule has 17 heteroatoms. The molecule has 7 rings (SSSR count). The van der Waals surface area contributed by atoms with Gasteiger partial charge in [0.1, 0.15) is 5.02 Å². The van der Waals surface area contributed by atoms with Crippen molar-refractivity contribution in [2.45, 2.75) is 31.6 Å². The van der Waals surface area contributed by atoms with Crippen molar-refractivity contribution in [1.29, 1.82) is 0 Å². The Morgan fingerprint density at radius 3 is 2.53 bits per heavy atom. The molecule has 2 saturated heterocycles. The molecule has 16 nitrogen and oxygen atoms in total. The first-order valence-electron chi connectivity index (χ1n) is 17.1. The number of ether oxygens (including phenoxy) is 1. The van der Waals surface area contributed by atoms with E-state index in [9.17, 15) is 24.0 Å². The van der Waals surface area contributed by atoms with Crippen LogP contribution in [0.2, 0.25) is 5.02 Å². The molecule has 2 aromatic carbocycles. The van der Waals surface area contributed by atoms with Crippen LogP contribution in [0.4, 0.5) is 23.1 Å². The van der Waals surface area contributed by atoms with Crippen LogP contribution in [0.5, 0.6) is 5.75 Å². The minimum atomic E-state index is -0.507. The lowest BCUT2D eigenvalue weighted by atomic mass is 9.92. The van der Waals surface area contributed by atoms with Gasteiger partial charge in [0.2, 0.25) is 23.7 Å². The van der Waals surface area contributed by atoms with Crippen molar-refractivity contribution < 1.29 is 23.9 Å². The molecule has 5 heterocycles. The number of rotatable bonds is 9. The minimum absolute atomic E-state index is 0.0512. The van der Waals surface area contributed by atoms with Gasteiger partial charge in [0.15, 0.2) is 18.2 Å². The minimum Gasteiger partial charge on any atom is -0.478 e. The number of fused-ring (bicyclic) bond motifs is 2. The van der Waals surface area contributed by atoms with Crippen molar-refractivity contribution in [1.82, 2.24) is 34.9 Å². The van der Waals surface area contributed by atoms with Crippen molar-refractivity contribution >= 4 is 80.2 Å². The molecule has 0 saturated carbocycles. The van der Waals surface area contributed by atoms with Crippen LogP contribution in [0.1, 0.15) is 37.3 Å². The summed E-state index contributed by atoms with van der Waals surface area (Å²) in [5, 5.41) is 17.5. The average Bonchev–Trinajstić information content (AvgIpc) is 3.48. The normalized spacial score (nSPS) is 16.5. The summed E-state index contributed by atoms with van der Waals surface area (Å²) in [5.41, 5.74) is 2.98. The van der Waals surface area contributed by atoms with Crippen molar-refractivity contribution in [3.63, 3.8) is 0 Å². The first kappa shape index (κ1) is 35.4. The average molecular weight is 741 g/mol. The zero-order valence-electron chi connectivity index (χ0n) is 29.2. The Bertz CT molecular complexity index is 2350. The monoisotopic (exact) mass is 740 g/mol. The Morgan fingerprint density at radius 1 is 1.00 bits per heavy atom. The van der Waals surface area contributed by atoms with Gasteiger partial charge < -0.3 is 30.2 Å². The Kier molecular flexibility index (Phi) is 9.70. The number of halogens is 1. The molecule has 1 unspecified atom stereocenters. The zero-order chi connectivity index (χ0) is 37.4. The molecule has 274 valence electrons. The number of aromatic nitrogens is 5. The van der Waals surface area contributed by atoms with Gasteiger partial charge in [-0.1, -0.05) is 11.6 Å². The number of imide groups is 1. The summed E-state index contributed by atoms with van der Waals surface area (Å²) in [4.78, 5) is 73.1. The largest absolute Gasteiger partial charge is 0.478 e. The predicted octanol–water partition coefficient (Wildman–Crippen LogP) is 3.11. The Labute approximate surface area is 307 Å². The van der Waals surface area contributed by atoms with E-state index in [1.54, 1.807) is 43.0 Å². The molecule has 2 aliphatic heterocycles. The summed E-state index contributed by atoms with van der Waals surface area (Å²) >= 11 is 6.50. The summed E-state index contributed by atoms with van der Waals surface area (Å²) in [6.07, 6.45) is 3.37. The number of amides is 4. The van der Waals surface area contributed by atoms with Crippen LogP contribution in [-0.2, 0) is 33.3 Å². The SMILES string of the molecule is CNC(=O)COc1cc2cc(Nc3nc(N4CCC(C(=O)Nc5ccc6c(C7CCC(=O)NC7=O)nn(C)c6c5)CC4)ncc3Cl)ccc2n(C)c1=O. The number of piperidine rings is 2. The highest BCUT2D eigenvalue weighted by molar-refractivity contribution is 6.33. The van der Waals surface area contributed by atoms with Crippen LogP contribution in [-0.4, -0.2) is 74.7 Å². The molecule has 53 heavy (non-hydrogen) atoms. The lowest BCUT2D eigenvalue weighted by molar-refractivity contribution is -0.134. The van der Waals surface area contributed by atoms with Crippen LogP contribution in [0.3, 0.4) is 0 Å². The van der Waals surface area contributed by atoms with E-state index in [2.05, 4.69) is 31.3 Å². The third-order valence-corrected chi connectivity index (χ3v) is 9.96. The lowest BCUT2D eigenvalue weighted by Gasteiger charge is -2.31. The highest BCUT2D eigenvalue weighted by atomic mass is 35.5. The molecule has 0 spiro atoms. The highest BCUT2D eigenvalue weighted by Crippen LogP contribution is 2.33. The molecule has 1 atom stereocenters. The zero-order valence-corrected chi connectivity index (χ0v) is 30.0. The Morgan fingerprint density at radius 2 is 1.77 bits per heavy atom. The predicted molar refractivity (Wildman–Crippen MR) is 198 cm³/mol. The van der Waals surface area contributed by atoms with Crippen molar-refractivity contribution in [3.05, 3.63) is 69.7 Å². The van der Waals surface area contributed by atoms with Crippen LogP contribution in [0.25, 0.3) is 21.8 Å². The molecule has 2 fully saturated rings. The van der Waals surface area contributed by atoms with Crippen LogP contribution in [0.15, 0.2) is 53.5 Å². The fourth-order valence-electron chi connectivity index (χ4n) is 6.75. The van der Waals surface area contributed by atoms with E-state index in [-0.39, 0.29) is 53.9 Å². The third-order valence-electron chi connectivity index (χ3n) is 9.69. The van der Waals surface area contributed by atoms with Gasteiger partial charge in [-0.2, -0.15) is 10.1 Å². The van der Waals surface area contributed by atoms with Crippen molar-refractivity contribution in [2.24, 2.45) is 20.0 Å². The fourth-order valence-corrected chi connectivity index (χ4v) is 6.88. The maximum atomic E-state index is 13.4. The summed E-state index contributed by atoms with van der Waals surface area (Å²) in [6, 6.07) is 12.5. The smallest absolute Gasteiger partial charge is 0.293 e. The number of anilines is 4. The second-order valence-corrected chi connectivity index (χ2v) is 13.5. The first-order chi connectivity index (χ1) is 25.5. The van der Waals surface area contributed by atoms with Gasteiger partial charge in [0.25, 0.3) is 11.5 Å². The highest BCUT2D eigenvalue weighted by Gasteiger charge is 2.32. The number of nitrogens with zero attached hydrogens (tertiary/aromatic N) is 6. The van der Waals surface area contributed by atoms with E-state index in [1.807, 2.05) is 23.1 Å². The Balaban J connectivity index is 0.995. The fraction of sp³-hybridized carbons (Fsp3) is 0.333. The summed E-state index contributed by atoms with van der Waals surface area (Å²) in [7, 11) is 4.91. The summed E-state index contributed by atoms with van der Waals surface area (Å²) in [5.74, 6) is -0.885. The first-order valence-corrected chi connectivity index (χ1v) is 17.5. The number of likely N-dealkylation sites (N-methyl/N-ethyl adjacent to an activating group) is 1. The molecule has 4 N–H and O–H groups in total. The summed E-state index contributed by atoms with van der Waals surface area (Å²) in [6.45, 7) is 0.825. The summed E-state index contributed by atoms with van der Waals surface area (Å²) < 4.78 is 8.62. The maximum Gasteiger partial charge on any atom is 0.293 e. The van der Waals surface area contributed by atoms with Crippen LogP contribution in [0, 0.1) is 5.92 Å². The number of carbonyl (C=O) groups excluding carboxylic acids is 4. The van der Waals surface area contributed by atoms with E-state index in [0.717, 1.165) is 10.9 Å². The molecular weight excluding hydrogens is 704 g/mol. The second-order valence-electron chi connectivity index (χ2n) is 13.1. The third kappa shape index (κ3) is 7.22. The van der Waals surface area contributed by atoms with E-state index < -0.39 is 5.92 Å². The van der Waals surface area contributed by atoms with E-state index in [0.29, 0.717) is 77.1 Å². The van der Waals surface area contributed by atoms with Crippen molar-refractivity contribution in [3.8, 4) is 5.75 Å². The number of nitrogens with one attached hydrogen (secondary N) is 4. The van der Waals surface area contributed by atoms with E-state index in [1.165, 1.54) is 17.8 Å². The van der Waals surface area contributed by atoms with Gasteiger partial charge in [-0.15, -0.1) is 0 Å². The quantitative estimate of drug-likeness (QED) is 0.162. The van der Waals surface area contributed by atoms with Gasteiger partial charge >= 0.3 is 0 Å². The standard InChI is InChI=1S/C36H37ClN10O6/c1-38-30(49)18-53-28-15-20-14-21(5-8-26(20)45(2)35(28)52)40-32-25(37)17-39-36(43-32)47-12-10-19(11-13-47)33(50)41-22-4-6-23-27(16-22)46(3)44-31(23)24-7-9-29(48)42-34(24)51/h4-6,8,14-17,19,24H,7,9-13,18H2,1-3H3,(H,38,49)(H,41,50)(H,39,40,43)(H,42,48,51). The van der Waals surface area contributed by atoms with Gasteiger partial charge in [-0.25, -0.2) is 4.98 Å². The second kappa shape index (κ2) is 14.5. The molecule has 4 amide bonds. The lowest BCUT2D eigenvalue weighted by Crippen LogP contribution is -2.39.